The molecule has 0 radical (unpaired) electrons. The summed E-state index contributed by atoms with van der Waals surface area (Å²) in [7, 11) is 0. The quantitative estimate of drug-likeness (QED) is 0.536. The van der Waals surface area contributed by atoms with Crippen LogP contribution in [0.5, 0.6) is 0 Å². The molecule has 4 atom stereocenters. The Balaban J connectivity index is 1.81. The topological polar surface area (TPSA) is 0 Å². The Morgan fingerprint density at radius 2 is 1.95 bits per heavy atom. The normalized spacial score (nSPS) is 44.5. The van der Waals surface area contributed by atoms with Gasteiger partial charge in [0.25, 0.3) is 0 Å². The second-order valence-electron chi connectivity index (χ2n) is 7.39. The summed E-state index contributed by atoms with van der Waals surface area (Å²) in [6.45, 7) is 4.65. The molecule has 0 amide bonds. The van der Waals surface area contributed by atoms with Crippen LogP contribution in [-0.2, 0) is 0 Å². The van der Waals surface area contributed by atoms with Gasteiger partial charge < -0.3 is 0 Å². The summed E-state index contributed by atoms with van der Waals surface area (Å²) in [6, 6.07) is 0. The summed E-state index contributed by atoms with van der Waals surface area (Å²) >= 11 is 0. The van der Waals surface area contributed by atoms with E-state index in [9.17, 15) is 0 Å². The zero-order chi connectivity index (χ0) is 13.7. The fourth-order valence-corrected chi connectivity index (χ4v) is 5.42. The molecule has 0 N–H and O–H groups in total. The van der Waals surface area contributed by atoms with E-state index in [0.29, 0.717) is 5.41 Å². The van der Waals surface area contributed by atoms with Crippen molar-refractivity contribution in [1.29, 1.82) is 0 Å². The first kappa shape index (κ1) is 12.7. The highest BCUT2D eigenvalue weighted by molar-refractivity contribution is 5.55. The van der Waals surface area contributed by atoms with Gasteiger partial charge in [-0.25, -0.2) is 0 Å². The molecule has 20 heavy (non-hydrogen) atoms. The third-order valence-electron chi connectivity index (χ3n) is 6.55. The lowest BCUT2D eigenvalue weighted by atomic mass is 9.58. The minimum Gasteiger partial charge on any atom is -0.0835 e. The smallest absolute Gasteiger partial charge is 0.0174 e. The van der Waals surface area contributed by atoms with Gasteiger partial charge in [-0.2, -0.15) is 0 Å². The molecule has 0 heterocycles. The molecule has 0 aromatic heterocycles. The standard InChI is InChI=1S/C20H26/c1-3-15-9-11-19-18-10-8-14-6-4-5-7-16(14)17(18)12-13-20(15,19)2/h3,8-11,14,16-17H,4-7,12-13H2,1-2H3/t14?,16-,17+,20+/m0/s1. The van der Waals surface area contributed by atoms with E-state index >= 15 is 0 Å². The molecule has 0 nitrogen and oxygen atoms in total. The van der Waals surface area contributed by atoms with E-state index in [4.69, 9.17) is 0 Å². The number of hydrogen-bond acceptors (Lipinski definition) is 0. The van der Waals surface area contributed by atoms with Crippen LogP contribution in [0.15, 0.2) is 47.1 Å². The predicted octanol–water partition coefficient (Wildman–Crippen LogP) is 5.59. The molecular formula is C20H26. The van der Waals surface area contributed by atoms with Crippen molar-refractivity contribution in [3.8, 4) is 0 Å². The molecule has 0 bridgehead atoms. The summed E-state index contributed by atoms with van der Waals surface area (Å²) in [5.41, 5.74) is 5.18. The van der Waals surface area contributed by atoms with E-state index in [1.54, 1.807) is 11.1 Å². The Morgan fingerprint density at radius 3 is 2.80 bits per heavy atom. The maximum absolute atomic E-state index is 2.55. The average molecular weight is 266 g/mol. The zero-order valence-electron chi connectivity index (χ0n) is 12.9. The van der Waals surface area contributed by atoms with E-state index in [1.807, 2.05) is 0 Å². The number of rotatable bonds is 0. The third kappa shape index (κ3) is 1.60. The van der Waals surface area contributed by atoms with Crippen LogP contribution in [0.4, 0.5) is 0 Å². The molecule has 0 heteroatoms. The van der Waals surface area contributed by atoms with Crippen LogP contribution in [0, 0.1) is 23.2 Å². The van der Waals surface area contributed by atoms with Crippen molar-refractivity contribution in [2.45, 2.75) is 52.4 Å². The van der Waals surface area contributed by atoms with Crippen LogP contribution < -0.4 is 0 Å². The highest BCUT2D eigenvalue weighted by Crippen LogP contribution is 2.57. The predicted molar refractivity (Wildman–Crippen MR) is 85.3 cm³/mol. The highest BCUT2D eigenvalue weighted by atomic mass is 14.5. The van der Waals surface area contributed by atoms with Gasteiger partial charge in [0.15, 0.2) is 0 Å². The third-order valence-corrected chi connectivity index (χ3v) is 6.55. The summed E-state index contributed by atoms with van der Waals surface area (Å²) in [5, 5.41) is 0. The lowest BCUT2D eigenvalue weighted by molar-refractivity contribution is 0.180. The Morgan fingerprint density at radius 1 is 1.10 bits per heavy atom. The first-order valence-electron chi connectivity index (χ1n) is 8.52. The van der Waals surface area contributed by atoms with Crippen LogP contribution in [0.3, 0.4) is 0 Å². The maximum Gasteiger partial charge on any atom is 0.0174 e. The minimum absolute atomic E-state index is 0.312. The van der Waals surface area contributed by atoms with Crippen LogP contribution in [0.1, 0.15) is 52.4 Å². The van der Waals surface area contributed by atoms with Crippen molar-refractivity contribution in [3.05, 3.63) is 47.1 Å². The maximum atomic E-state index is 2.55. The molecule has 0 aliphatic heterocycles. The Hall–Kier alpha value is -1.04. The average Bonchev–Trinajstić information content (AvgIpc) is 2.83. The number of allylic oxidation sites excluding steroid dienone is 8. The first-order valence-corrected chi connectivity index (χ1v) is 8.52. The molecule has 4 aliphatic rings. The first-order chi connectivity index (χ1) is 9.74. The van der Waals surface area contributed by atoms with Crippen LogP contribution in [-0.4, -0.2) is 0 Å². The van der Waals surface area contributed by atoms with Crippen molar-refractivity contribution >= 4 is 0 Å². The minimum atomic E-state index is 0.312. The molecule has 1 fully saturated rings. The van der Waals surface area contributed by atoms with Crippen molar-refractivity contribution in [2.24, 2.45) is 23.2 Å². The molecule has 1 unspecified atom stereocenters. The van der Waals surface area contributed by atoms with Crippen molar-refractivity contribution in [2.75, 3.05) is 0 Å². The molecule has 0 aromatic carbocycles. The molecule has 4 aliphatic carbocycles. The summed E-state index contributed by atoms with van der Waals surface area (Å²) < 4.78 is 0. The van der Waals surface area contributed by atoms with Gasteiger partial charge in [0.1, 0.15) is 0 Å². The largest absolute Gasteiger partial charge is 0.0835 e. The molecule has 106 valence electrons. The van der Waals surface area contributed by atoms with E-state index in [2.05, 4.69) is 44.2 Å². The van der Waals surface area contributed by atoms with Gasteiger partial charge >= 0.3 is 0 Å². The van der Waals surface area contributed by atoms with Gasteiger partial charge in [-0.3, -0.25) is 0 Å². The summed E-state index contributed by atoms with van der Waals surface area (Å²) in [6.07, 6.45) is 20.7. The van der Waals surface area contributed by atoms with E-state index < -0.39 is 0 Å². The van der Waals surface area contributed by atoms with Crippen molar-refractivity contribution < 1.29 is 0 Å². The Bertz CT molecular complexity index is 542. The monoisotopic (exact) mass is 266 g/mol. The Kier molecular flexibility index (Phi) is 2.84. The van der Waals surface area contributed by atoms with Gasteiger partial charge in [-0.05, 0) is 67.1 Å². The second-order valence-corrected chi connectivity index (χ2v) is 7.39. The summed E-state index contributed by atoms with van der Waals surface area (Å²) in [4.78, 5) is 0. The molecule has 4 rings (SSSR count). The molecule has 0 aromatic rings. The SMILES string of the molecule is CC=C1C=CC2=C3C=CC4CCCC[C@@H]4[C@H]3CC[C@]12C. The fraction of sp³-hybridized carbons (Fsp3) is 0.600. The fourth-order valence-electron chi connectivity index (χ4n) is 5.42. The van der Waals surface area contributed by atoms with Crippen molar-refractivity contribution in [3.63, 3.8) is 0 Å². The lowest BCUT2D eigenvalue weighted by Crippen LogP contribution is -2.35. The molecule has 1 saturated carbocycles. The van der Waals surface area contributed by atoms with E-state index in [1.165, 1.54) is 44.1 Å². The van der Waals surface area contributed by atoms with Crippen LogP contribution in [0.25, 0.3) is 0 Å². The van der Waals surface area contributed by atoms with Crippen LogP contribution in [0.2, 0.25) is 0 Å². The molecule has 0 spiro atoms. The number of fused-ring (bicyclic) bond motifs is 4. The van der Waals surface area contributed by atoms with Gasteiger partial charge in [-0.1, -0.05) is 50.1 Å². The van der Waals surface area contributed by atoms with Gasteiger partial charge in [0, 0.05) is 5.41 Å². The van der Waals surface area contributed by atoms with Crippen LogP contribution >= 0.6 is 0 Å². The zero-order valence-corrected chi connectivity index (χ0v) is 12.9. The lowest BCUT2D eigenvalue weighted by Gasteiger charge is -2.46. The molecular weight excluding hydrogens is 240 g/mol. The summed E-state index contributed by atoms with van der Waals surface area (Å²) in [5.74, 6) is 2.69. The van der Waals surface area contributed by atoms with Gasteiger partial charge in [0.2, 0.25) is 0 Å². The highest BCUT2D eigenvalue weighted by Gasteiger charge is 2.45. The number of hydrogen-bond donors (Lipinski definition) is 0. The molecule has 0 saturated heterocycles. The van der Waals surface area contributed by atoms with Gasteiger partial charge in [0.05, 0.1) is 0 Å². The van der Waals surface area contributed by atoms with Gasteiger partial charge in [-0.15, -0.1) is 0 Å². The van der Waals surface area contributed by atoms with E-state index in [-0.39, 0.29) is 0 Å². The van der Waals surface area contributed by atoms with Crippen molar-refractivity contribution in [1.82, 2.24) is 0 Å². The second kappa shape index (κ2) is 4.48. The Labute approximate surface area is 123 Å². The van der Waals surface area contributed by atoms with E-state index in [0.717, 1.165) is 17.8 Å².